The van der Waals surface area contributed by atoms with Gasteiger partial charge in [0.05, 0.1) is 0 Å². The summed E-state index contributed by atoms with van der Waals surface area (Å²) in [6, 6.07) is 72.8. The van der Waals surface area contributed by atoms with E-state index < -0.39 is 8.07 Å². The summed E-state index contributed by atoms with van der Waals surface area (Å²) in [5, 5.41) is 5.80. The molecule has 3 heterocycles. The van der Waals surface area contributed by atoms with E-state index in [9.17, 15) is 0 Å². The molecule has 0 bridgehead atoms. The zero-order valence-electron chi connectivity index (χ0n) is 29.4. The van der Waals surface area contributed by atoms with Crippen LogP contribution in [0.3, 0.4) is 0 Å². The number of para-hydroxylation sites is 1. The lowest BCUT2D eigenvalue weighted by atomic mass is 9.33. The van der Waals surface area contributed by atoms with Crippen molar-refractivity contribution in [2.75, 3.05) is 9.80 Å². The summed E-state index contributed by atoms with van der Waals surface area (Å²) in [6.45, 7) is 2.35. The molecule has 3 aliphatic heterocycles. The third kappa shape index (κ3) is 4.21. The first kappa shape index (κ1) is 30.3. The van der Waals surface area contributed by atoms with Gasteiger partial charge in [0.25, 0.3) is 6.71 Å². The van der Waals surface area contributed by atoms with Gasteiger partial charge < -0.3 is 9.80 Å². The normalized spacial score (nSPS) is 14.2. The van der Waals surface area contributed by atoms with E-state index >= 15 is 0 Å². The molecule has 0 fully saturated rings. The van der Waals surface area contributed by atoms with Crippen LogP contribution in [0.4, 0.5) is 34.1 Å². The molecule has 8 aromatic carbocycles. The molecule has 53 heavy (non-hydrogen) atoms. The average molecular weight is 691 g/mol. The minimum absolute atomic E-state index is 0.103. The van der Waals surface area contributed by atoms with E-state index in [4.69, 9.17) is 0 Å². The monoisotopic (exact) mass is 690 g/mol. The second kappa shape index (κ2) is 11.6. The van der Waals surface area contributed by atoms with Crippen LogP contribution in [0.25, 0.3) is 11.1 Å². The Morgan fingerprint density at radius 3 is 1.32 bits per heavy atom. The minimum atomic E-state index is -2.83. The van der Waals surface area contributed by atoms with Crippen molar-refractivity contribution in [2.24, 2.45) is 0 Å². The molecule has 0 amide bonds. The Morgan fingerprint density at radius 1 is 0.377 bits per heavy atom. The number of anilines is 6. The van der Waals surface area contributed by atoms with Gasteiger partial charge in [0.2, 0.25) is 0 Å². The van der Waals surface area contributed by atoms with Crippen molar-refractivity contribution in [1.82, 2.24) is 0 Å². The highest BCUT2D eigenvalue weighted by Crippen LogP contribution is 2.45. The standard InChI is InChI=1S/C49H35BN2Si/c1-34-32-43-47-44(33-34)52(38-30-28-36(29-31-38)35-16-6-2-7-17-35)42-25-15-27-46-49(42)50(47)48-41(51(43)37-18-8-3-9-19-37)24-14-26-45(48)53(46,39-20-10-4-11-21-39)40-22-12-5-13-23-40/h2-33H,1H3. The van der Waals surface area contributed by atoms with E-state index in [1.807, 2.05) is 0 Å². The average Bonchev–Trinajstić information content (AvgIpc) is 3.22. The predicted octanol–water partition coefficient (Wildman–Crippen LogP) is 7.44. The second-order valence-corrected chi connectivity index (χ2v) is 18.3. The molecule has 0 aliphatic carbocycles. The first-order valence-corrected chi connectivity index (χ1v) is 20.6. The second-order valence-electron chi connectivity index (χ2n) is 14.5. The Balaban J connectivity index is 1.29. The van der Waals surface area contributed by atoms with Gasteiger partial charge in [0.15, 0.2) is 8.07 Å². The smallest absolute Gasteiger partial charge is 0.251 e. The topological polar surface area (TPSA) is 6.48 Å². The lowest BCUT2D eigenvalue weighted by Crippen LogP contribution is -2.88. The Bertz CT molecular complexity index is 2640. The van der Waals surface area contributed by atoms with Crippen LogP contribution in [-0.4, -0.2) is 14.8 Å². The molecule has 0 N–H and O–H groups in total. The molecule has 248 valence electrons. The van der Waals surface area contributed by atoms with Crippen molar-refractivity contribution < 1.29 is 0 Å². The molecule has 4 heteroatoms. The SMILES string of the molecule is Cc1cc2c3c(c1)N(c1ccc(-c4ccccc4)cc1)c1cccc4c1B3c1c(cccc1[Si]4(c1ccccc1)c1ccccc1)N2c1ccccc1. The molecular formula is C49H35BN2Si. The molecule has 0 aromatic heterocycles. The summed E-state index contributed by atoms with van der Waals surface area (Å²) in [4.78, 5) is 5.11. The van der Waals surface area contributed by atoms with Gasteiger partial charge in [-0.25, -0.2) is 0 Å². The van der Waals surface area contributed by atoms with Gasteiger partial charge >= 0.3 is 0 Å². The van der Waals surface area contributed by atoms with Gasteiger partial charge in [-0.2, -0.15) is 0 Å². The van der Waals surface area contributed by atoms with E-state index in [2.05, 4.69) is 211 Å². The summed E-state index contributed by atoms with van der Waals surface area (Å²) >= 11 is 0. The van der Waals surface area contributed by atoms with Crippen molar-refractivity contribution in [3.8, 4) is 11.1 Å². The van der Waals surface area contributed by atoms with E-state index in [-0.39, 0.29) is 6.71 Å². The zero-order chi connectivity index (χ0) is 35.1. The van der Waals surface area contributed by atoms with Crippen molar-refractivity contribution in [2.45, 2.75) is 6.92 Å². The van der Waals surface area contributed by atoms with Crippen LogP contribution in [0.1, 0.15) is 5.56 Å². The van der Waals surface area contributed by atoms with Gasteiger partial charge in [-0.15, -0.1) is 0 Å². The van der Waals surface area contributed by atoms with Gasteiger partial charge in [0, 0.05) is 34.1 Å². The molecule has 0 radical (unpaired) electrons. The summed E-state index contributed by atoms with van der Waals surface area (Å²) in [5.74, 6) is 0. The van der Waals surface area contributed by atoms with Gasteiger partial charge in [-0.3, -0.25) is 0 Å². The predicted molar refractivity (Wildman–Crippen MR) is 228 cm³/mol. The van der Waals surface area contributed by atoms with E-state index in [0.29, 0.717) is 0 Å². The van der Waals surface area contributed by atoms with Crippen molar-refractivity contribution >= 4 is 86.0 Å². The highest BCUT2D eigenvalue weighted by atomic mass is 28.3. The van der Waals surface area contributed by atoms with E-state index in [0.717, 1.165) is 0 Å². The van der Waals surface area contributed by atoms with Gasteiger partial charge in [-0.1, -0.05) is 146 Å². The molecule has 0 atom stereocenters. The van der Waals surface area contributed by atoms with Crippen LogP contribution in [0, 0.1) is 6.92 Å². The van der Waals surface area contributed by atoms with Crippen LogP contribution in [0.15, 0.2) is 194 Å². The van der Waals surface area contributed by atoms with E-state index in [1.54, 1.807) is 0 Å². The fraction of sp³-hybridized carbons (Fsp3) is 0.0204. The van der Waals surface area contributed by atoms with Crippen LogP contribution >= 0.6 is 0 Å². The van der Waals surface area contributed by atoms with Crippen molar-refractivity contribution in [3.63, 3.8) is 0 Å². The van der Waals surface area contributed by atoms with Crippen LogP contribution in [-0.2, 0) is 0 Å². The third-order valence-corrected chi connectivity index (χ3v) is 16.6. The van der Waals surface area contributed by atoms with Crippen LogP contribution in [0.5, 0.6) is 0 Å². The first-order valence-electron chi connectivity index (χ1n) is 18.6. The van der Waals surface area contributed by atoms with Gasteiger partial charge in [-0.05, 0) is 109 Å². The lowest BCUT2D eigenvalue weighted by molar-refractivity contribution is 1.24. The van der Waals surface area contributed by atoms with E-state index in [1.165, 1.54) is 87.9 Å². The maximum Gasteiger partial charge on any atom is 0.251 e. The molecule has 0 saturated heterocycles. The number of nitrogens with zero attached hydrogens (tertiary/aromatic N) is 2. The number of hydrogen-bond acceptors (Lipinski definition) is 2. The molecule has 2 nitrogen and oxygen atoms in total. The molecule has 8 aromatic rings. The lowest BCUT2D eigenvalue weighted by Gasteiger charge is -2.51. The molecule has 0 spiro atoms. The fourth-order valence-corrected chi connectivity index (χ4v) is 15.0. The molecule has 3 aliphatic rings. The molecule has 0 saturated carbocycles. The highest BCUT2D eigenvalue weighted by Gasteiger charge is 2.56. The largest absolute Gasteiger partial charge is 0.311 e. The Hall–Kier alpha value is -6.36. The maximum absolute atomic E-state index is 2.83. The number of aryl methyl sites for hydroxylation is 1. The minimum Gasteiger partial charge on any atom is -0.311 e. The zero-order valence-corrected chi connectivity index (χ0v) is 30.4. The Labute approximate surface area is 312 Å². The molecule has 11 rings (SSSR count). The number of rotatable bonds is 5. The van der Waals surface area contributed by atoms with Gasteiger partial charge in [0.1, 0.15) is 0 Å². The van der Waals surface area contributed by atoms with Crippen LogP contribution in [0.2, 0.25) is 0 Å². The number of benzene rings is 8. The molecular weight excluding hydrogens is 655 g/mol. The van der Waals surface area contributed by atoms with Crippen molar-refractivity contribution in [3.05, 3.63) is 200 Å². The first-order chi connectivity index (χ1) is 26.2. The third-order valence-electron chi connectivity index (χ3n) is 11.7. The fourth-order valence-electron chi connectivity index (χ4n) is 9.75. The quantitative estimate of drug-likeness (QED) is 0.174. The number of hydrogen-bond donors (Lipinski definition) is 0. The van der Waals surface area contributed by atoms with Crippen LogP contribution < -0.4 is 46.9 Å². The summed E-state index contributed by atoms with van der Waals surface area (Å²) in [5.41, 5.74) is 15.4. The summed E-state index contributed by atoms with van der Waals surface area (Å²) in [6.07, 6.45) is 0. The highest BCUT2D eigenvalue weighted by molar-refractivity contribution is 7.27. The van der Waals surface area contributed by atoms with Crippen molar-refractivity contribution in [1.29, 1.82) is 0 Å². The Morgan fingerprint density at radius 2 is 0.811 bits per heavy atom. The summed E-state index contributed by atoms with van der Waals surface area (Å²) < 4.78 is 0. The maximum atomic E-state index is 2.56. The Kier molecular flexibility index (Phi) is 6.61. The summed E-state index contributed by atoms with van der Waals surface area (Å²) in [7, 11) is -2.83. The molecule has 0 unspecified atom stereocenters.